The molecule has 4 aromatic rings. The zero-order valence-corrected chi connectivity index (χ0v) is 26.0. The van der Waals surface area contributed by atoms with Gasteiger partial charge in [0.15, 0.2) is 16.8 Å². The minimum atomic E-state index is -4.70. The first-order valence-corrected chi connectivity index (χ1v) is 16.2. The van der Waals surface area contributed by atoms with E-state index in [1.807, 2.05) is 37.3 Å². The predicted molar refractivity (Wildman–Crippen MR) is 161 cm³/mol. The van der Waals surface area contributed by atoms with Gasteiger partial charge in [0.2, 0.25) is 0 Å². The Balaban J connectivity index is 1.66. The van der Waals surface area contributed by atoms with Crippen molar-refractivity contribution in [2.45, 2.75) is 48.3 Å². The smallest absolute Gasteiger partial charge is 0.364 e. The number of likely N-dealkylation sites (tertiary alicyclic amines) is 1. The second kappa shape index (κ2) is 12.0. The van der Waals surface area contributed by atoms with Gasteiger partial charge in [0.05, 0.1) is 22.0 Å². The van der Waals surface area contributed by atoms with Crippen LogP contribution in [-0.4, -0.2) is 41.7 Å². The number of nitrogens with two attached hydrogens (primary N) is 1. The van der Waals surface area contributed by atoms with Crippen molar-refractivity contribution < 1.29 is 39.1 Å². The molecule has 0 saturated carbocycles. The lowest BCUT2D eigenvalue weighted by Crippen LogP contribution is -2.59. The lowest BCUT2D eigenvalue weighted by Gasteiger charge is -2.36. The van der Waals surface area contributed by atoms with Gasteiger partial charge in [-0.2, -0.15) is 25.5 Å². The lowest BCUT2D eigenvalue weighted by molar-refractivity contribution is -0.827. The van der Waals surface area contributed by atoms with Crippen LogP contribution in [0, 0.1) is 0 Å². The van der Waals surface area contributed by atoms with Crippen LogP contribution in [0.25, 0.3) is 11.3 Å². The monoisotopic (exact) mass is 685 g/mol. The number of rotatable bonds is 9. The number of carbonyl (C=O) groups excluding carboxylic acids is 1. The Labute approximate surface area is 265 Å². The summed E-state index contributed by atoms with van der Waals surface area (Å²) in [5.41, 5.74) is 6.15. The Bertz CT molecular complexity index is 1820. The summed E-state index contributed by atoms with van der Waals surface area (Å²) in [5.74, 6) is -4.57. The number of quaternary nitrogens is 1. The van der Waals surface area contributed by atoms with E-state index < -0.39 is 63.0 Å². The van der Waals surface area contributed by atoms with E-state index in [1.54, 1.807) is 0 Å². The van der Waals surface area contributed by atoms with Crippen LogP contribution in [0.4, 0.5) is 27.8 Å². The molecular weight excluding hydrogens is 659 g/mol. The van der Waals surface area contributed by atoms with Crippen LogP contribution in [-0.2, 0) is 27.5 Å². The molecule has 15 heteroatoms. The van der Waals surface area contributed by atoms with E-state index in [1.165, 1.54) is 36.4 Å². The third kappa shape index (κ3) is 6.69. The van der Waals surface area contributed by atoms with E-state index in [4.69, 9.17) is 17.3 Å². The molecule has 1 saturated heterocycles. The number of thiophene rings is 1. The van der Waals surface area contributed by atoms with E-state index in [9.17, 15) is 26.4 Å². The number of nitrogens with one attached hydrogen (secondary N) is 1. The van der Waals surface area contributed by atoms with Crippen molar-refractivity contribution in [3.8, 4) is 11.3 Å². The molecule has 1 aliphatic heterocycles. The summed E-state index contributed by atoms with van der Waals surface area (Å²) in [4.78, 5) is 17.2. The fourth-order valence-electron chi connectivity index (χ4n) is 5.55. The zero-order chi connectivity index (χ0) is 32.8. The highest BCUT2D eigenvalue weighted by molar-refractivity contribution is 7.88. The molecule has 3 atom stereocenters. The van der Waals surface area contributed by atoms with Gasteiger partial charge in [-0.3, -0.25) is 4.79 Å². The largest absolute Gasteiger partial charge is 0.416 e. The standard InChI is InChI=1S/C30H26ClF5N4O3S2/c1-18(20-5-3-2-4-6-20)38-26-14-19(13-23(39-26)21-7-9-22(10-8-21)30(34,35)36)16-40(17-29(32,33)15-24(40)28(37)41)45(42,43)27-12-11-25(31)44-27/h2-14,18,24H,15-17H2,1H3,(H2-,37,38,39,41)/p+1/t18?,24-,40?/m0/s1. The Kier molecular flexibility index (Phi) is 8.72. The fraction of sp³-hybridized carbons (Fsp3) is 0.267. The molecule has 0 spiro atoms. The molecule has 3 heterocycles. The molecule has 3 N–H and O–H groups in total. The number of benzene rings is 2. The highest BCUT2D eigenvalue weighted by Crippen LogP contribution is 2.46. The molecule has 7 nitrogen and oxygen atoms in total. The van der Waals surface area contributed by atoms with Crippen molar-refractivity contribution in [2.24, 2.45) is 5.73 Å². The molecule has 1 amide bonds. The number of carbonyl (C=O) groups is 1. The first kappa shape index (κ1) is 32.8. The summed E-state index contributed by atoms with van der Waals surface area (Å²) in [5, 5.41) is 3.20. The van der Waals surface area contributed by atoms with E-state index in [0.29, 0.717) is 11.3 Å². The third-order valence-corrected chi connectivity index (χ3v) is 11.7. The molecule has 5 rings (SSSR count). The second-order valence-electron chi connectivity index (χ2n) is 10.9. The number of nitrogens with zero attached hydrogens (tertiary/aromatic N) is 2. The maximum atomic E-state index is 15.1. The number of pyridine rings is 1. The molecule has 0 radical (unpaired) electrons. The number of anilines is 1. The minimum absolute atomic E-state index is 0.100. The molecule has 2 aromatic heterocycles. The Morgan fingerprint density at radius 1 is 1.11 bits per heavy atom. The Morgan fingerprint density at radius 2 is 1.78 bits per heavy atom. The summed E-state index contributed by atoms with van der Waals surface area (Å²) >= 11 is 6.67. The van der Waals surface area contributed by atoms with Crippen molar-refractivity contribution in [2.75, 3.05) is 11.9 Å². The zero-order valence-electron chi connectivity index (χ0n) is 23.6. The molecule has 1 fully saturated rings. The van der Waals surface area contributed by atoms with Gasteiger partial charge in [0.25, 0.3) is 5.91 Å². The van der Waals surface area contributed by atoms with Crippen molar-refractivity contribution in [3.63, 3.8) is 0 Å². The molecule has 2 unspecified atom stereocenters. The first-order chi connectivity index (χ1) is 21.0. The van der Waals surface area contributed by atoms with Gasteiger partial charge in [-0.05, 0) is 48.9 Å². The van der Waals surface area contributed by atoms with Crippen LogP contribution in [0.1, 0.15) is 36.1 Å². The van der Waals surface area contributed by atoms with Crippen LogP contribution >= 0.6 is 22.9 Å². The SMILES string of the molecule is CC(Nc1cc(C[N+]2(S(=O)(=O)c3ccc(Cl)s3)CC(F)(F)C[C@H]2C(N)=O)cc(-c2ccc(C(F)(F)F)cc2)n1)c1ccccc1. The van der Waals surface area contributed by atoms with Gasteiger partial charge in [0.1, 0.15) is 12.4 Å². The van der Waals surface area contributed by atoms with Gasteiger partial charge in [-0.1, -0.05) is 54.1 Å². The summed E-state index contributed by atoms with van der Waals surface area (Å²) in [6, 6.07) is 16.6. The normalized spacial score (nSPS) is 20.6. The Hall–Kier alpha value is -3.59. The van der Waals surface area contributed by atoms with E-state index in [2.05, 4.69) is 10.3 Å². The maximum absolute atomic E-state index is 15.1. The highest BCUT2D eigenvalue weighted by Gasteiger charge is 2.65. The molecule has 1 aliphatic rings. The van der Waals surface area contributed by atoms with Crippen LogP contribution in [0.15, 0.2) is 83.1 Å². The van der Waals surface area contributed by atoms with Gasteiger partial charge in [0, 0.05) is 17.2 Å². The quantitative estimate of drug-likeness (QED) is 0.143. The van der Waals surface area contributed by atoms with Crippen molar-refractivity contribution in [1.29, 1.82) is 0 Å². The van der Waals surface area contributed by atoms with Crippen LogP contribution in [0.2, 0.25) is 4.34 Å². The highest BCUT2D eigenvalue weighted by atomic mass is 35.5. The average Bonchev–Trinajstić information content (AvgIpc) is 3.54. The number of hydrogen-bond acceptors (Lipinski definition) is 6. The molecule has 238 valence electrons. The second-order valence-corrected chi connectivity index (χ2v) is 15.0. The van der Waals surface area contributed by atoms with Crippen LogP contribution in [0.3, 0.4) is 0 Å². The first-order valence-electron chi connectivity index (χ1n) is 13.6. The summed E-state index contributed by atoms with van der Waals surface area (Å²) in [7, 11) is -4.70. The summed E-state index contributed by atoms with van der Waals surface area (Å²) in [6.07, 6.45) is -5.67. The predicted octanol–water partition coefficient (Wildman–Crippen LogP) is 7.25. The lowest BCUT2D eigenvalue weighted by atomic mass is 10.1. The molecular formula is C30H27ClF5N4O3S2+. The number of halogens is 6. The van der Waals surface area contributed by atoms with Crippen molar-refractivity contribution in [3.05, 3.63) is 99.9 Å². The Morgan fingerprint density at radius 3 is 2.36 bits per heavy atom. The number of aromatic nitrogens is 1. The number of alkyl halides is 5. The van der Waals surface area contributed by atoms with Gasteiger partial charge in [-0.15, -0.1) is 11.3 Å². The summed E-state index contributed by atoms with van der Waals surface area (Å²) in [6.45, 7) is -0.0180. The average molecular weight is 686 g/mol. The molecule has 0 aliphatic carbocycles. The molecule has 0 bridgehead atoms. The minimum Gasteiger partial charge on any atom is -0.364 e. The third-order valence-electron chi connectivity index (χ3n) is 7.68. The molecule has 45 heavy (non-hydrogen) atoms. The topological polar surface area (TPSA) is 102 Å². The maximum Gasteiger partial charge on any atom is 0.416 e. The number of amides is 1. The van der Waals surface area contributed by atoms with Crippen molar-refractivity contribution in [1.82, 2.24) is 4.98 Å². The van der Waals surface area contributed by atoms with E-state index >= 15 is 8.78 Å². The van der Waals surface area contributed by atoms with Gasteiger partial charge >= 0.3 is 22.1 Å². The van der Waals surface area contributed by atoms with Crippen molar-refractivity contribution >= 4 is 44.7 Å². The number of primary amides is 1. The number of sulfonamides is 1. The van der Waals surface area contributed by atoms with Crippen LogP contribution in [0.5, 0.6) is 0 Å². The van der Waals surface area contributed by atoms with Gasteiger partial charge < -0.3 is 11.1 Å². The molecule has 2 aromatic carbocycles. The number of hydrogen-bond donors (Lipinski definition) is 2. The van der Waals surface area contributed by atoms with Gasteiger partial charge in [-0.25, -0.2) is 13.8 Å². The van der Waals surface area contributed by atoms with Crippen LogP contribution < -0.4 is 11.1 Å². The van der Waals surface area contributed by atoms with E-state index in [0.717, 1.165) is 17.7 Å². The fourth-order valence-corrected chi connectivity index (χ4v) is 9.39. The van der Waals surface area contributed by atoms with E-state index in [-0.39, 0.29) is 37.2 Å². The summed E-state index contributed by atoms with van der Waals surface area (Å²) < 4.78 is 96.6.